The van der Waals surface area contributed by atoms with Crippen LogP contribution in [0.3, 0.4) is 0 Å². The summed E-state index contributed by atoms with van der Waals surface area (Å²) in [5.74, 6) is -1.95. The zero-order valence-corrected chi connectivity index (χ0v) is 12.8. The van der Waals surface area contributed by atoms with Crippen molar-refractivity contribution < 1.29 is 23.0 Å². The smallest absolute Gasteiger partial charge is 0.342 e. The zero-order valence-electron chi connectivity index (χ0n) is 12.8. The van der Waals surface area contributed by atoms with Crippen molar-refractivity contribution in [2.75, 3.05) is 7.11 Å². The maximum absolute atomic E-state index is 13.7. The normalized spacial score (nSPS) is 10.6. The molecule has 1 heterocycles. The number of carbonyl (C=O) groups is 1. The number of fused-ring (bicyclic) bond motifs is 1. The van der Waals surface area contributed by atoms with E-state index in [4.69, 9.17) is 9.47 Å². The van der Waals surface area contributed by atoms with Crippen molar-refractivity contribution in [3.8, 4) is 5.75 Å². The van der Waals surface area contributed by atoms with E-state index in [9.17, 15) is 13.6 Å². The highest BCUT2D eigenvalue weighted by atomic mass is 19.1. The second kappa shape index (κ2) is 6.62. The summed E-state index contributed by atoms with van der Waals surface area (Å²) in [6.07, 6.45) is 1.34. The monoisotopic (exact) mass is 329 g/mol. The van der Waals surface area contributed by atoms with Crippen LogP contribution in [-0.2, 0) is 11.3 Å². The molecule has 0 aliphatic rings. The molecular weight excluding hydrogens is 316 g/mol. The van der Waals surface area contributed by atoms with Gasteiger partial charge in [0.15, 0.2) is 5.75 Å². The lowest BCUT2D eigenvalue weighted by atomic mass is 10.1. The summed E-state index contributed by atoms with van der Waals surface area (Å²) in [5.41, 5.74) is 0.531. The molecule has 0 unspecified atom stereocenters. The number of rotatable bonds is 4. The third-order valence-electron chi connectivity index (χ3n) is 3.56. The maximum atomic E-state index is 13.7. The number of para-hydroxylation sites is 1. The molecule has 0 bridgehead atoms. The van der Waals surface area contributed by atoms with E-state index in [0.29, 0.717) is 10.9 Å². The van der Waals surface area contributed by atoms with E-state index in [0.717, 1.165) is 12.1 Å². The molecule has 122 valence electrons. The number of hydrogen-bond acceptors (Lipinski definition) is 4. The fourth-order valence-electron chi connectivity index (χ4n) is 2.37. The van der Waals surface area contributed by atoms with E-state index in [-0.39, 0.29) is 23.5 Å². The maximum Gasteiger partial charge on any atom is 0.342 e. The van der Waals surface area contributed by atoms with Gasteiger partial charge < -0.3 is 9.47 Å². The van der Waals surface area contributed by atoms with Crippen molar-refractivity contribution in [3.63, 3.8) is 0 Å². The van der Waals surface area contributed by atoms with Crippen LogP contribution in [-0.4, -0.2) is 18.1 Å². The molecule has 0 spiro atoms. The Morgan fingerprint density at radius 1 is 1.08 bits per heavy atom. The standard InChI is InChI=1S/C18H13F2NO3/c1-23-18(22)17-11-5-2-3-8-15(11)21-9-16(17)24-10-12-13(19)6-4-7-14(12)20/h2-9H,10H2,1H3. The molecule has 6 heteroatoms. The Kier molecular flexibility index (Phi) is 4.37. The zero-order chi connectivity index (χ0) is 17.1. The number of benzene rings is 2. The van der Waals surface area contributed by atoms with Gasteiger partial charge in [0.25, 0.3) is 0 Å². The Bertz CT molecular complexity index is 892. The molecular formula is C18H13F2NO3. The molecule has 0 aliphatic heterocycles. The molecule has 0 saturated carbocycles. The van der Waals surface area contributed by atoms with Gasteiger partial charge in [-0.15, -0.1) is 0 Å². The first-order valence-electron chi connectivity index (χ1n) is 7.13. The molecule has 0 amide bonds. The van der Waals surface area contributed by atoms with Crippen LogP contribution in [0.1, 0.15) is 15.9 Å². The summed E-state index contributed by atoms with van der Waals surface area (Å²) in [6.45, 7) is -0.372. The van der Waals surface area contributed by atoms with Gasteiger partial charge in [0.1, 0.15) is 23.8 Å². The number of esters is 1. The number of carbonyl (C=O) groups excluding carboxylic acids is 1. The summed E-state index contributed by atoms with van der Waals surface area (Å²) < 4.78 is 37.7. The van der Waals surface area contributed by atoms with Crippen molar-refractivity contribution in [1.29, 1.82) is 0 Å². The van der Waals surface area contributed by atoms with Crippen LogP contribution >= 0.6 is 0 Å². The van der Waals surface area contributed by atoms with Crippen molar-refractivity contribution in [2.45, 2.75) is 6.61 Å². The number of nitrogens with zero attached hydrogens (tertiary/aromatic N) is 1. The molecule has 0 aliphatic carbocycles. The van der Waals surface area contributed by atoms with E-state index in [1.54, 1.807) is 24.3 Å². The average molecular weight is 329 g/mol. The van der Waals surface area contributed by atoms with Crippen molar-refractivity contribution >= 4 is 16.9 Å². The van der Waals surface area contributed by atoms with Gasteiger partial charge in [-0.3, -0.25) is 4.98 Å². The minimum Gasteiger partial charge on any atom is -0.486 e. The van der Waals surface area contributed by atoms with Gasteiger partial charge in [0.05, 0.1) is 24.4 Å². The fraction of sp³-hybridized carbons (Fsp3) is 0.111. The Morgan fingerprint density at radius 3 is 2.50 bits per heavy atom. The quantitative estimate of drug-likeness (QED) is 0.682. The minimum absolute atomic E-state index is 0.100. The number of aromatic nitrogens is 1. The number of hydrogen-bond donors (Lipinski definition) is 0. The van der Waals surface area contributed by atoms with Crippen LogP contribution in [0.4, 0.5) is 8.78 Å². The Labute approximate surface area is 136 Å². The second-order valence-electron chi connectivity index (χ2n) is 5.00. The highest BCUT2D eigenvalue weighted by Gasteiger charge is 2.19. The topological polar surface area (TPSA) is 48.4 Å². The predicted octanol–water partition coefficient (Wildman–Crippen LogP) is 3.88. The number of halogens is 2. The number of pyridine rings is 1. The summed E-state index contributed by atoms with van der Waals surface area (Å²) in [7, 11) is 1.25. The lowest BCUT2D eigenvalue weighted by Crippen LogP contribution is -2.09. The van der Waals surface area contributed by atoms with Crippen LogP contribution < -0.4 is 4.74 Å². The summed E-state index contributed by atoms with van der Waals surface area (Å²) in [6, 6.07) is 10.5. The SMILES string of the molecule is COC(=O)c1c(OCc2c(F)cccc2F)cnc2ccccc12. The Morgan fingerprint density at radius 2 is 1.79 bits per heavy atom. The van der Waals surface area contributed by atoms with Crippen LogP contribution in [0.5, 0.6) is 5.75 Å². The van der Waals surface area contributed by atoms with E-state index in [2.05, 4.69) is 4.98 Å². The molecule has 1 aromatic heterocycles. The lowest BCUT2D eigenvalue weighted by molar-refractivity contribution is 0.0598. The van der Waals surface area contributed by atoms with Crippen molar-refractivity contribution in [3.05, 3.63) is 71.4 Å². The van der Waals surface area contributed by atoms with E-state index in [1.807, 2.05) is 0 Å². The third kappa shape index (κ3) is 2.90. The van der Waals surface area contributed by atoms with Crippen LogP contribution in [0.2, 0.25) is 0 Å². The Balaban J connectivity index is 2.01. The van der Waals surface area contributed by atoms with Crippen molar-refractivity contribution in [1.82, 2.24) is 4.98 Å². The lowest BCUT2D eigenvalue weighted by Gasteiger charge is -2.13. The first kappa shape index (κ1) is 15.9. The minimum atomic E-state index is -0.719. The highest BCUT2D eigenvalue weighted by Crippen LogP contribution is 2.28. The molecule has 3 rings (SSSR count). The number of methoxy groups -OCH3 is 1. The van der Waals surface area contributed by atoms with E-state index < -0.39 is 17.6 Å². The third-order valence-corrected chi connectivity index (χ3v) is 3.56. The summed E-state index contributed by atoms with van der Waals surface area (Å²) >= 11 is 0. The van der Waals surface area contributed by atoms with Crippen LogP contribution in [0, 0.1) is 11.6 Å². The Hall–Kier alpha value is -3.02. The molecule has 2 aromatic carbocycles. The second-order valence-corrected chi connectivity index (χ2v) is 5.00. The molecule has 0 N–H and O–H groups in total. The molecule has 0 radical (unpaired) electrons. The first-order chi connectivity index (χ1) is 11.6. The predicted molar refractivity (Wildman–Crippen MR) is 83.8 cm³/mol. The fourth-order valence-corrected chi connectivity index (χ4v) is 2.37. The molecule has 0 saturated heterocycles. The van der Waals surface area contributed by atoms with E-state index >= 15 is 0 Å². The van der Waals surface area contributed by atoms with Gasteiger partial charge in [0, 0.05) is 5.39 Å². The van der Waals surface area contributed by atoms with Gasteiger partial charge in [0.2, 0.25) is 0 Å². The van der Waals surface area contributed by atoms with Gasteiger partial charge in [-0.2, -0.15) is 0 Å². The van der Waals surface area contributed by atoms with Gasteiger partial charge in [-0.1, -0.05) is 24.3 Å². The molecule has 24 heavy (non-hydrogen) atoms. The molecule has 3 aromatic rings. The van der Waals surface area contributed by atoms with Crippen LogP contribution in [0.25, 0.3) is 10.9 Å². The number of ether oxygens (including phenoxy) is 2. The molecule has 4 nitrogen and oxygen atoms in total. The van der Waals surface area contributed by atoms with Gasteiger partial charge in [-0.05, 0) is 18.2 Å². The van der Waals surface area contributed by atoms with Crippen molar-refractivity contribution in [2.24, 2.45) is 0 Å². The van der Waals surface area contributed by atoms with Crippen LogP contribution in [0.15, 0.2) is 48.7 Å². The highest BCUT2D eigenvalue weighted by molar-refractivity contribution is 6.05. The molecule has 0 fully saturated rings. The summed E-state index contributed by atoms with van der Waals surface area (Å²) in [4.78, 5) is 16.3. The van der Waals surface area contributed by atoms with Gasteiger partial charge >= 0.3 is 5.97 Å². The van der Waals surface area contributed by atoms with Gasteiger partial charge in [-0.25, -0.2) is 13.6 Å². The van der Waals surface area contributed by atoms with E-state index in [1.165, 1.54) is 19.4 Å². The largest absolute Gasteiger partial charge is 0.486 e. The average Bonchev–Trinajstić information content (AvgIpc) is 2.60. The summed E-state index contributed by atoms with van der Waals surface area (Å²) in [5, 5.41) is 0.538. The first-order valence-corrected chi connectivity index (χ1v) is 7.13. The molecule has 0 atom stereocenters.